The maximum Gasteiger partial charge on any atom is 0.337 e. The second-order valence-electron chi connectivity index (χ2n) is 12.5. The third-order valence-corrected chi connectivity index (χ3v) is 9.30. The number of hydrogen-bond donors (Lipinski definition) is 2. The van der Waals surface area contributed by atoms with Gasteiger partial charge in [0.1, 0.15) is 11.6 Å². The molecule has 6 aromatic heterocycles. The second kappa shape index (κ2) is 22.0. The molecular formula is C46H40Cl3FN6O6. The van der Waals surface area contributed by atoms with Gasteiger partial charge in [0.05, 0.1) is 57.0 Å². The van der Waals surface area contributed by atoms with Gasteiger partial charge in [-0.3, -0.25) is 0 Å². The number of hydrogen-bond acceptors (Lipinski definition) is 8. The molecular weight excluding hydrogens is 858 g/mol. The minimum atomic E-state index is -0.931. The topological polar surface area (TPSA) is 154 Å². The summed E-state index contributed by atoms with van der Waals surface area (Å²) >= 11 is 17.0. The quantitative estimate of drug-likeness (QED) is 0.127. The zero-order valence-electron chi connectivity index (χ0n) is 31.6. The van der Waals surface area contributed by atoms with Gasteiger partial charge < -0.3 is 28.7 Å². The highest BCUT2D eigenvalue weighted by atomic mass is 35.5. The van der Waals surface area contributed by atoms with Gasteiger partial charge in [-0.25, -0.2) is 29.3 Å². The molecule has 16 heteroatoms. The number of aromatic amines is 1. The number of H-pyrrole nitrogens is 1. The van der Waals surface area contributed by atoms with Crippen LogP contribution in [0.2, 0.25) is 15.1 Å². The molecule has 318 valence electrons. The van der Waals surface area contributed by atoms with E-state index in [2.05, 4.69) is 24.7 Å². The minimum Gasteiger partial charge on any atom is -0.478 e. The van der Waals surface area contributed by atoms with Crippen LogP contribution in [0, 0.1) is 5.95 Å². The van der Waals surface area contributed by atoms with Crippen LogP contribution < -0.4 is 0 Å². The third kappa shape index (κ3) is 11.8. The van der Waals surface area contributed by atoms with Crippen LogP contribution in [0.25, 0.3) is 44.3 Å². The Morgan fingerprint density at radius 2 is 1.03 bits per heavy atom. The standard InChI is InChI=1S/C15H11ClN2O2.C14H9ClN2O2.C10H9NO2.C5H3ClFN.2CH4/c1-20-15(19)11-2-4-13-10(8-11)6-7-18(13)14-5-3-12(16)9-17-14;15-11-2-4-13(16-8-11)17-6-5-9-7-10(14(18)19)1-3-12(9)17;1-13-10(12)8-2-3-9-7(6-8)4-5-11-9;6-4-1-2-5(7)8-3-4;;/h2-9H,1H3;1-8H,(H,18,19);2-6,11H,1H3;1-3H;2*1H4. The SMILES string of the molecule is C.C.COC(=O)c1ccc2[nH]ccc2c1.COC(=O)c1ccc2c(ccn2-c2ccc(Cl)cn2)c1.Fc1ccc(Cl)cn1.O=C(O)c1ccc2c(ccn2-c2ccc(Cl)cn2)c1. The molecule has 0 unspecified atom stereocenters. The number of aromatic carboxylic acids is 1. The number of nitrogens with zero attached hydrogens (tertiary/aromatic N) is 5. The average molecular weight is 898 g/mol. The zero-order chi connectivity index (χ0) is 42.8. The number of methoxy groups -OCH3 is 2. The number of ether oxygens (including phenoxy) is 2. The van der Waals surface area contributed by atoms with E-state index in [1.807, 2.05) is 70.2 Å². The van der Waals surface area contributed by atoms with E-state index in [0.717, 1.165) is 44.3 Å². The number of carboxylic acid groups (broad SMARTS) is 1. The highest BCUT2D eigenvalue weighted by molar-refractivity contribution is 6.31. The fraction of sp³-hybridized carbons (Fsp3) is 0.0870. The largest absolute Gasteiger partial charge is 0.478 e. The van der Waals surface area contributed by atoms with Crippen molar-refractivity contribution in [2.45, 2.75) is 14.9 Å². The maximum absolute atomic E-state index is 11.9. The number of fused-ring (bicyclic) bond motifs is 3. The predicted octanol–water partition coefficient (Wildman–Crippen LogP) is 11.9. The Balaban J connectivity index is 0.000000188. The summed E-state index contributed by atoms with van der Waals surface area (Å²) in [6.07, 6.45) is 10.0. The van der Waals surface area contributed by atoms with Crippen molar-refractivity contribution in [3.63, 3.8) is 0 Å². The van der Waals surface area contributed by atoms with Crippen LogP contribution in [0.3, 0.4) is 0 Å². The molecule has 0 aliphatic heterocycles. The van der Waals surface area contributed by atoms with Crippen LogP contribution in [0.5, 0.6) is 0 Å². The molecule has 3 aromatic carbocycles. The number of benzene rings is 3. The first-order valence-corrected chi connectivity index (χ1v) is 18.8. The number of halogens is 4. The van der Waals surface area contributed by atoms with Gasteiger partial charge in [-0.15, -0.1) is 0 Å². The summed E-state index contributed by atoms with van der Waals surface area (Å²) in [6.45, 7) is 0. The van der Waals surface area contributed by atoms with E-state index in [1.165, 1.54) is 32.5 Å². The van der Waals surface area contributed by atoms with E-state index in [9.17, 15) is 18.8 Å². The summed E-state index contributed by atoms with van der Waals surface area (Å²) in [7, 11) is 2.75. The average Bonchev–Trinajstić information content (AvgIpc) is 4.04. The molecule has 62 heavy (non-hydrogen) atoms. The summed E-state index contributed by atoms with van der Waals surface area (Å²) in [4.78, 5) is 48.4. The monoisotopic (exact) mass is 896 g/mol. The molecule has 9 rings (SSSR count). The second-order valence-corrected chi connectivity index (χ2v) is 13.8. The van der Waals surface area contributed by atoms with Crippen molar-refractivity contribution in [2.75, 3.05) is 14.2 Å². The van der Waals surface area contributed by atoms with E-state index in [-0.39, 0.29) is 32.4 Å². The van der Waals surface area contributed by atoms with Gasteiger partial charge in [-0.05, 0) is 109 Å². The summed E-state index contributed by atoms with van der Waals surface area (Å²) in [5.41, 5.74) is 4.27. The van der Waals surface area contributed by atoms with Crippen molar-refractivity contribution in [1.82, 2.24) is 29.1 Å². The van der Waals surface area contributed by atoms with Crippen molar-refractivity contribution in [2.24, 2.45) is 0 Å². The first kappa shape index (κ1) is 47.6. The van der Waals surface area contributed by atoms with Gasteiger partial charge in [0.15, 0.2) is 0 Å². The van der Waals surface area contributed by atoms with Crippen molar-refractivity contribution in [1.29, 1.82) is 0 Å². The van der Waals surface area contributed by atoms with E-state index in [4.69, 9.17) is 44.6 Å². The summed E-state index contributed by atoms with van der Waals surface area (Å²) in [5.74, 6) is -0.571. The molecule has 0 atom stereocenters. The number of nitrogens with one attached hydrogen (secondary N) is 1. The van der Waals surface area contributed by atoms with E-state index in [0.29, 0.717) is 26.2 Å². The number of aromatic nitrogens is 6. The lowest BCUT2D eigenvalue weighted by Gasteiger charge is -2.05. The lowest BCUT2D eigenvalue weighted by Crippen LogP contribution is -2.01. The number of carbonyl (C=O) groups excluding carboxylic acids is 2. The molecule has 0 amide bonds. The van der Waals surface area contributed by atoms with E-state index < -0.39 is 11.9 Å². The first-order valence-electron chi connectivity index (χ1n) is 17.6. The van der Waals surface area contributed by atoms with Crippen molar-refractivity contribution >= 4 is 85.4 Å². The first-order chi connectivity index (χ1) is 28.9. The Hall–Kier alpha value is -7.06. The molecule has 6 heterocycles. The van der Waals surface area contributed by atoms with Gasteiger partial charge in [-0.1, -0.05) is 49.7 Å². The highest BCUT2D eigenvalue weighted by Crippen LogP contribution is 2.23. The molecule has 0 saturated carbocycles. The number of carbonyl (C=O) groups is 3. The van der Waals surface area contributed by atoms with Crippen molar-refractivity contribution < 1.29 is 33.4 Å². The van der Waals surface area contributed by atoms with Crippen molar-refractivity contribution in [3.05, 3.63) is 184 Å². The van der Waals surface area contributed by atoms with Gasteiger partial charge in [0.2, 0.25) is 5.95 Å². The molecule has 0 spiro atoms. The lowest BCUT2D eigenvalue weighted by atomic mass is 10.1. The fourth-order valence-electron chi connectivity index (χ4n) is 5.74. The van der Waals surface area contributed by atoms with Crippen LogP contribution in [0.1, 0.15) is 45.9 Å². The Morgan fingerprint density at radius 1 is 0.581 bits per heavy atom. The Labute approximate surface area is 371 Å². The van der Waals surface area contributed by atoms with Crippen molar-refractivity contribution in [3.8, 4) is 11.6 Å². The van der Waals surface area contributed by atoms with Gasteiger partial charge in [0, 0.05) is 58.9 Å². The third-order valence-electron chi connectivity index (χ3n) is 8.63. The van der Waals surface area contributed by atoms with Crippen LogP contribution in [-0.4, -0.2) is 66.3 Å². The fourth-order valence-corrected chi connectivity index (χ4v) is 6.07. The van der Waals surface area contributed by atoms with Crippen LogP contribution >= 0.6 is 34.8 Å². The van der Waals surface area contributed by atoms with Crippen LogP contribution in [0.15, 0.2) is 146 Å². The number of carboxylic acids is 1. The summed E-state index contributed by atoms with van der Waals surface area (Å²) < 4.78 is 25.1. The molecule has 0 saturated heterocycles. The van der Waals surface area contributed by atoms with Crippen LogP contribution in [-0.2, 0) is 9.47 Å². The summed E-state index contributed by atoms with van der Waals surface area (Å²) in [6, 6.07) is 31.4. The number of rotatable bonds is 5. The van der Waals surface area contributed by atoms with E-state index in [1.54, 1.807) is 67.0 Å². The van der Waals surface area contributed by atoms with Gasteiger partial charge >= 0.3 is 17.9 Å². The molecule has 12 nitrogen and oxygen atoms in total. The molecule has 9 aromatic rings. The van der Waals surface area contributed by atoms with Gasteiger partial charge in [-0.2, -0.15) is 4.39 Å². The Bertz CT molecular complexity index is 2890. The maximum atomic E-state index is 11.9. The molecule has 0 bridgehead atoms. The normalized spacial score (nSPS) is 10.1. The van der Waals surface area contributed by atoms with E-state index >= 15 is 0 Å². The summed E-state index contributed by atoms with van der Waals surface area (Å²) in [5, 5.41) is 13.4. The molecule has 0 aliphatic carbocycles. The molecule has 0 fully saturated rings. The van der Waals surface area contributed by atoms with Gasteiger partial charge in [0.25, 0.3) is 0 Å². The number of pyridine rings is 3. The van der Waals surface area contributed by atoms with Crippen LogP contribution in [0.4, 0.5) is 4.39 Å². The predicted molar refractivity (Wildman–Crippen MR) is 243 cm³/mol. The minimum absolute atomic E-state index is 0. The lowest BCUT2D eigenvalue weighted by molar-refractivity contribution is 0.0592. The molecule has 0 aliphatic rings. The Morgan fingerprint density at radius 3 is 1.47 bits per heavy atom. The smallest absolute Gasteiger partial charge is 0.337 e. The number of esters is 2. The molecule has 0 radical (unpaired) electrons. The molecule has 2 N–H and O–H groups in total. The highest BCUT2D eigenvalue weighted by Gasteiger charge is 2.11. The Kier molecular flexibility index (Phi) is 16.9. The zero-order valence-corrected chi connectivity index (χ0v) is 33.9.